The first-order valence-electron chi connectivity index (χ1n) is 4.87. The molecule has 5 heteroatoms. The van der Waals surface area contributed by atoms with Crippen LogP contribution >= 0.6 is 11.6 Å². The van der Waals surface area contributed by atoms with Crippen LogP contribution in [0.25, 0.3) is 0 Å². The molecule has 4 nitrogen and oxygen atoms in total. The first-order valence-corrected chi connectivity index (χ1v) is 5.25. The number of benzene rings is 1. The highest BCUT2D eigenvalue weighted by Crippen LogP contribution is 2.31. The van der Waals surface area contributed by atoms with Gasteiger partial charge in [0, 0.05) is 17.1 Å². The number of nitro groups is 1. The molecular formula is C10H11ClN2O2. The smallest absolute Gasteiger partial charge is 0.293 e. The number of anilines is 1. The zero-order chi connectivity index (χ0) is 10.8. The zero-order valence-corrected chi connectivity index (χ0v) is 8.83. The number of hydrogen-bond donors (Lipinski definition) is 1. The minimum absolute atomic E-state index is 0.0504. The number of nitro benzene ring substituents is 1. The van der Waals surface area contributed by atoms with E-state index in [9.17, 15) is 10.1 Å². The predicted octanol–water partition coefficient (Wildman–Crippen LogP) is 3.21. The third-order valence-electron chi connectivity index (χ3n) is 2.62. The molecule has 1 aliphatic rings. The van der Waals surface area contributed by atoms with Gasteiger partial charge in [-0.15, -0.1) is 0 Å². The van der Waals surface area contributed by atoms with Gasteiger partial charge in [0.05, 0.1) is 4.92 Å². The molecule has 80 valence electrons. The Balaban J connectivity index is 2.23. The average Bonchev–Trinajstić information content (AvgIpc) is 2.12. The van der Waals surface area contributed by atoms with Crippen LogP contribution in [0.15, 0.2) is 18.2 Å². The van der Waals surface area contributed by atoms with Gasteiger partial charge in [-0.25, -0.2) is 0 Å². The molecule has 0 aromatic heterocycles. The Bertz CT molecular complexity index is 391. The summed E-state index contributed by atoms with van der Waals surface area (Å²) in [6.07, 6.45) is 3.36. The van der Waals surface area contributed by atoms with Crippen LogP contribution in [0.4, 0.5) is 11.4 Å². The fourth-order valence-corrected chi connectivity index (χ4v) is 1.72. The molecule has 0 aliphatic heterocycles. The summed E-state index contributed by atoms with van der Waals surface area (Å²) in [6.45, 7) is 0. The molecule has 2 rings (SSSR count). The molecule has 0 saturated heterocycles. The summed E-state index contributed by atoms with van der Waals surface area (Å²) in [5, 5.41) is 14.3. The van der Waals surface area contributed by atoms with Crippen molar-refractivity contribution < 1.29 is 4.92 Å². The summed E-state index contributed by atoms with van der Waals surface area (Å²) in [5.41, 5.74) is 0.614. The van der Waals surface area contributed by atoms with Crippen LogP contribution in [-0.4, -0.2) is 11.0 Å². The molecule has 1 aliphatic carbocycles. The van der Waals surface area contributed by atoms with Crippen LogP contribution in [0, 0.1) is 10.1 Å². The van der Waals surface area contributed by atoms with Crippen molar-refractivity contribution in [3.63, 3.8) is 0 Å². The molecule has 0 atom stereocenters. The molecule has 1 saturated carbocycles. The molecule has 0 amide bonds. The summed E-state index contributed by atoms with van der Waals surface area (Å²) >= 11 is 5.71. The molecule has 0 spiro atoms. The van der Waals surface area contributed by atoms with Crippen LogP contribution in [-0.2, 0) is 0 Å². The molecule has 0 bridgehead atoms. The normalized spacial score (nSPS) is 15.8. The Hall–Kier alpha value is -1.29. The highest BCUT2D eigenvalue weighted by Gasteiger charge is 2.21. The molecule has 0 radical (unpaired) electrons. The summed E-state index contributed by atoms with van der Waals surface area (Å²) in [6, 6.07) is 5.08. The van der Waals surface area contributed by atoms with Gasteiger partial charge in [0.15, 0.2) is 0 Å². The molecule has 1 aromatic carbocycles. The number of rotatable bonds is 3. The summed E-state index contributed by atoms with van der Waals surface area (Å²) < 4.78 is 0. The minimum Gasteiger partial charge on any atom is -0.377 e. The maximum Gasteiger partial charge on any atom is 0.293 e. The number of halogens is 1. The number of nitrogens with zero attached hydrogens (tertiary/aromatic N) is 1. The fraction of sp³-hybridized carbons (Fsp3) is 0.400. The van der Waals surface area contributed by atoms with Crippen LogP contribution < -0.4 is 5.32 Å². The molecule has 0 unspecified atom stereocenters. The van der Waals surface area contributed by atoms with Gasteiger partial charge in [-0.1, -0.05) is 11.6 Å². The van der Waals surface area contributed by atoms with E-state index in [0.717, 1.165) is 12.8 Å². The maximum atomic E-state index is 10.8. The van der Waals surface area contributed by atoms with Gasteiger partial charge in [-0.05, 0) is 31.4 Å². The van der Waals surface area contributed by atoms with Crippen molar-refractivity contribution >= 4 is 23.0 Å². The van der Waals surface area contributed by atoms with Crippen LogP contribution in [0.1, 0.15) is 19.3 Å². The first-order chi connectivity index (χ1) is 7.16. The van der Waals surface area contributed by atoms with E-state index in [0.29, 0.717) is 16.8 Å². The minimum atomic E-state index is -0.410. The van der Waals surface area contributed by atoms with E-state index in [4.69, 9.17) is 11.6 Å². The fourth-order valence-electron chi connectivity index (χ4n) is 1.55. The highest BCUT2D eigenvalue weighted by atomic mass is 35.5. The summed E-state index contributed by atoms with van der Waals surface area (Å²) in [5.74, 6) is 0. The quantitative estimate of drug-likeness (QED) is 0.636. The molecule has 1 fully saturated rings. The zero-order valence-electron chi connectivity index (χ0n) is 8.07. The van der Waals surface area contributed by atoms with Crippen molar-refractivity contribution in [2.45, 2.75) is 25.3 Å². The molecule has 0 heterocycles. The van der Waals surface area contributed by atoms with Gasteiger partial charge in [0.1, 0.15) is 5.69 Å². The standard InChI is InChI=1S/C10H11ClN2O2/c11-7-4-5-9(10(6-7)13(14)15)12-8-2-1-3-8/h4-6,8,12H,1-3H2. The van der Waals surface area contributed by atoms with E-state index >= 15 is 0 Å². The number of nitrogens with one attached hydrogen (secondary N) is 1. The van der Waals surface area contributed by atoms with E-state index in [2.05, 4.69) is 5.32 Å². The van der Waals surface area contributed by atoms with Crippen LogP contribution in [0.3, 0.4) is 0 Å². The van der Waals surface area contributed by atoms with Gasteiger partial charge in [0.25, 0.3) is 5.69 Å². The second-order valence-electron chi connectivity index (χ2n) is 3.69. The topological polar surface area (TPSA) is 55.2 Å². The first kappa shape index (κ1) is 10.2. The van der Waals surface area contributed by atoms with Crippen LogP contribution in [0.5, 0.6) is 0 Å². The summed E-state index contributed by atoms with van der Waals surface area (Å²) in [4.78, 5) is 10.4. The molecule has 1 N–H and O–H groups in total. The lowest BCUT2D eigenvalue weighted by molar-refractivity contribution is -0.384. The Morgan fingerprint density at radius 3 is 2.73 bits per heavy atom. The molecule has 1 aromatic rings. The van der Waals surface area contributed by atoms with Gasteiger partial charge in [-0.2, -0.15) is 0 Å². The summed E-state index contributed by atoms with van der Waals surface area (Å²) in [7, 11) is 0. The van der Waals surface area contributed by atoms with Crippen molar-refractivity contribution in [2.24, 2.45) is 0 Å². The Morgan fingerprint density at radius 1 is 1.47 bits per heavy atom. The van der Waals surface area contributed by atoms with Crippen molar-refractivity contribution in [3.8, 4) is 0 Å². The third kappa shape index (κ3) is 2.21. The molecule has 15 heavy (non-hydrogen) atoms. The van der Waals surface area contributed by atoms with E-state index < -0.39 is 4.92 Å². The van der Waals surface area contributed by atoms with E-state index in [1.165, 1.54) is 12.5 Å². The SMILES string of the molecule is O=[N+]([O-])c1cc(Cl)ccc1NC1CCC1. The Morgan fingerprint density at radius 2 is 2.20 bits per heavy atom. The predicted molar refractivity (Wildman–Crippen MR) is 59.4 cm³/mol. The third-order valence-corrected chi connectivity index (χ3v) is 2.86. The number of hydrogen-bond acceptors (Lipinski definition) is 3. The van der Waals surface area contributed by atoms with Gasteiger partial charge in [-0.3, -0.25) is 10.1 Å². The average molecular weight is 227 g/mol. The Labute approximate surface area is 92.4 Å². The van der Waals surface area contributed by atoms with Gasteiger partial charge < -0.3 is 5.32 Å². The lowest BCUT2D eigenvalue weighted by atomic mass is 9.93. The van der Waals surface area contributed by atoms with Crippen molar-refractivity contribution in [2.75, 3.05) is 5.32 Å². The lowest BCUT2D eigenvalue weighted by Gasteiger charge is -2.27. The van der Waals surface area contributed by atoms with E-state index in [1.807, 2.05) is 0 Å². The van der Waals surface area contributed by atoms with E-state index in [-0.39, 0.29) is 5.69 Å². The Kier molecular flexibility index (Phi) is 2.77. The highest BCUT2D eigenvalue weighted by molar-refractivity contribution is 6.30. The lowest BCUT2D eigenvalue weighted by Crippen LogP contribution is -2.27. The second-order valence-corrected chi connectivity index (χ2v) is 4.13. The largest absolute Gasteiger partial charge is 0.377 e. The van der Waals surface area contributed by atoms with Gasteiger partial charge in [0.2, 0.25) is 0 Å². The van der Waals surface area contributed by atoms with E-state index in [1.54, 1.807) is 12.1 Å². The maximum absolute atomic E-state index is 10.8. The van der Waals surface area contributed by atoms with Crippen molar-refractivity contribution in [1.82, 2.24) is 0 Å². The second kappa shape index (κ2) is 4.06. The van der Waals surface area contributed by atoms with Gasteiger partial charge >= 0.3 is 0 Å². The van der Waals surface area contributed by atoms with Crippen LogP contribution in [0.2, 0.25) is 5.02 Å². The van der Waals surface area contributed by atoms with Crippen molar-refractivity contribution in [1.29, 1.82) is 0 Å². The van der Waals surface area contributed by atoms with Crippen molar-refractivity contribution in [3.05, 3.63) is 33.3 Å². The molecular weight excluding hydrogens is 216 g/mol. The monoisotopic (exact) mass is 226 g/mol.